The van der Waals surface area contributed by atoms with Gasteiger partial charge in [0.25, 0.3) is 0 Å². The van der Waals surface area contributed by atoms with Crippen molar-refractivity contribution in [2.45, 2.75) is 13.3 Å². The van der Waals surface area contributed by atoms with Gasteiger partial charge in [-0.15, -0.1) is 0 Å². The number of carbonyl (C=O) groups is 1. The number of carbonyl (C=O) groups excluding carboxylic acids is 1. The molecule has 3 nitrogen and oxygen atoms in total. The minimum atomic E-state index is -0.0373. The summed E-state index contributed by atoms with van der Waals surface area (Å²) in [5, 5.41) is 1.36. The molecule has 0 saturated heterocycles. The van der Waals surface area contributed by atoms with E-state index in [9.17, 15) is 4.79 Å². The Morgan fingerprint density at radius 1 is 1.17 bits per heavy atom. The van der Waals surface area contributed by atoms with Crippen LogP contribution in [0.2, 0.25) is 5.02 Å². The number of methoxy groups -OCH3 is 1. The van der Waals surface area contributed by atoms with Gasteiger partial charge in [0.1, 0.15) is 11.5 Å². The molecule has 23 heavy (non-hydrogen) atoms. The molecule has 0 aliphatic rings. The molecule has 0 amide bonds. The summed E-state index contributed by atoms with van der Waals surface area (Å²) in [5.41, 5.74) is 0.404. The second-order valence-corrected chi connectivity index (χ2v) is 6.33. The predicted molar refractivity (Wildman–Crippen MR) is 99.7 cm³/mol. The van der Waals surface area contributed by atoms with Gasteiger partial charge in [-0.3, -0.25) is 4.79 Å². The van der Waals surface area contributed by atoms with E-state index >= 15 is 0 Å². The number of hydrogen-bond acceptors (Lipinski definition) is 3. The first-order valence-corrected chi connectivity index (χ1v) is 8.40. The van der Waals surface area contributed by atoms with E-state index in [4.69, 9.17) is 21.1 Å². The maximum absolute atomic E-state index is 12.5. The molecule has 0 aliphatic heterocycles. The molecular formula is C17H19ClLiO3P. The monoisotopic (exact) mass is 344 g/mol. The van der Waals surface area contributed by atoms with Gasteiger partial charge in [0.15, 0.2) is 5.52 Å². The number of rotatable bonds is 7. The van der Waals surface area contributed by atoms with Crippen LogP contribution in [-0.4, -0.2) is 38.1 Å². The number of benzene rings is 2. The summed E-state index contributed by atoms with van der Waals surface area (Å²) in [6, 6.07) is 12.8. The molecule has 0 fully saturated rings. The maximum atomic E-state index is 12.5. The van der Waals surface area contributed by atoms with Crippen LogP contribution in [-0.2, 0) is 0 Å². The summed E-state index contributed by atoms with van der Waals surface area (Å²) >= 11 is 6.14. The van der Waals surface area contributed by atoms with E-state index in [0.29, 0.717) is 22.9 Å². The molecule has 0 bridgehead atoms. The van der Waals surface area contributed by atoms with Crippen molar-refractivity contribution in [2.75, 3.05) is 13.7 Å². The standard InChI is InChI=1S/C17H18ClO3P.Li.H/c1-3-11-21-12-7-9-13(10-8-12)22-17(19)16-14(18)5-4-6-15(16)20-2;;/h4-10,22H,3,11H2,1-2H3;;. The second kappa shape index (κ2) is 10.0. The fourth-order valence-corrected chi connectivity index (χ4v) is 3.25. The Balaban J connectivity index is 0.00000264. The first-order valence-electron chi connectivity index (χ1n) is 7.02. The molecule has 1 unspecified atom stereocenters. The summed E-state index contributed by atoms with van der Waals surface area (Å²) in [7, 11) is 1.52. The fourth-order valence-electron chi connectivity index (χ4n) is 1.94. The summed E-state index contributed by atoms with van der Waals surface area (Å²) in [6.07, 6.45) is 0.967. The van der Waals surface area contributed by atoms with Crippen LogP contribution in [0.1, 0.15) is 23.7 Å². The molecule has 0 saturated carbocycles. The third-order valence-corrected chi connectivity index (χ3v) is 4.42. The molecule has 0 heterocycles. The summed E-state index contributed by atoms with van der Waals surface area (Å²) < 4.78 is 10.8. The van der Waals surface area contributed by atoms with Gasteiger partial charge in [-0.05, 0) is 44.6 Å². The van der Waals surface area contributed by atoms with Crippen LogP contribution < -0.4 is 14.8 Å². The van der Waals surface area contributed by atoms with Crippen LogP contribution in [0.3, 0.4) is 0 Å². The van der Waals surface area contributed by atoms with E-state index in [1.165, 1.54) is 7.11 Å². The molecule has 6 heteroatoms. The van der Waals surface area contributed by atoms with Crippen LogP contribution in [0.4, 0.5) is 0 Å². The van der Waals surface area contributed by atoms with Crippen LogP contribution in [0.15, 0.2) is 42.5 Å². The van der Waals surface area contributed by atoms with Crippen LogP contribution in [0, 0.1) is 0 Å². The van der Waals surface area contributed by atoms with Crippen molar-refractivity contribution in [3.63, 3.8) is 0 Å². The molecule has 2 aromatic rings. The Labute approximate surface area is 155 Å². The Bertz CT molecular complexity index is 647. The SMILES string of the molecule is CCCOc1ccc(PC(=O)c2c(Cl)cccc2OC)cc1.[LiH]. The molecule has 2 aromatic carbocycles. The predicted octanol–water partition coefficient (Wildman–Crippen LogP) is 3.63. The molecule has 0 aromatic heterocycles. The second-order valence-electron chi connectivity index (χ2n) is 4.64. The van der Waals surface area contributed by atoms with Gasteiger partial charge in [0.2, 0.25) is 0 Å². The average Bonchev–Trinajstić information content (AvgIpc) is 2.53. The van der Waals surface area contributed by atoms with E-state index < -0.39 is 0 Å². The van der Waals surface area contributed by atoms with E-state index in [2.05, 4.69) is 6.92 Å². The van der Waals surface area contributed by atoms with Crippen molar-refractivity contribution >= 4 is 49.9 Å². The van der Waals surface area contributed by atoms with Crippen molar-refractivity contribution < 1.29 is 14.3 Å². The van der Waals surface area contributed by atoms with Gasteiger partial charge in [0, 0.05) is 0 Å². The van der Waals surface area contributed by atoms with Crippen molar-refractivity contribution in [3.05, 3.63) is 53.1 Å². The minimum absolute atomic E-state index is 0. The zero-order valence-electron chi connectivity index (χ0n) is 12.6. The summed E-state index contributed by atoms with van der Waals surface area (Å²) in [6.45, 7) is 2.75. The van der Waals surface area contributed by atoms with Gasteiger partial charge in [-0.2, -0.15) is 0 Å². The first kappa shape index (κ1) is 20.1. The van der Waals surface area contributed by atoms with Gasteiger partial charge >= 0.3 is 18.9 Å². The third-order valence-electron chi connectivity index (χ3n) is 3.01. The molecule has 2 rings (SSSR count). The number of ether oxygens (including phenoxy) is 2. The fraction of sp³-hybridized carbons (Fsp3) is 0.235. The van der Waals surface area contributed by atoms with Gasteiger partial charge in [0.05, 0.1) is 24.3 Å². The van der Waals surface area contributed by atoms with Crippen LogP contribution in [0.25, 0.3) is 0 Å². The van der Waals surface area contributed by atoms with E-state index in [0.717, 1.165) is 17.5 Å². The molecule has 118 valence electrons. The van der Waals surface area contributed by atoms with Crippen molar-refractivity contribution in [3.8, 4) is 11.5 Å². The van der Waals surface area contributed by atoms with Crippen LogP contribution in [0.5, 0.6) is 11.5 Å². The quantitative estimate of drug-likeness (QED) is 0.568. The van der Waals surface area contributed by atoms with E-state index in [-0.39, 0.29) is 33.0 Å². The zero-order valence-corrected chi connectivity index (χ0v) is 14.3. The van der Waals surface area contributed by atoms with Gasteiger partial charge < -0.3 is 9.47 Å². The van der Waals surface area contributed by atoms with Crippen LogP contribution >= 0.6 is 20.2 Å². The van der Waals surface area contributed by atoms with Crippen molar-refractivity contribution in [1.82, 2.24) is 0 Å². The zero-order chi connectivity index (χ0) is 15.9. The summed E-state index contributed by atoms with van der Waals surface area (Å²) in [5.74, 6) is 1.33. The Morgan fingerprint density at radius 2 is 1.87 bits per heavy atom. The van der Waals surface area contributed by atoms with Crippen molar-refractivity contribution in [2.24, 2.45) is 0 Å². The van der Waals surface area contributed by atoms with Gasteiger partial charge in [-0.25, -0.2) is 0 Å². The third kappa shape index (κ3) is 5.55. The number of hydrogen-bond donors (Lipinski definition) is 0. The Kier molecular flexibility index (Phi) is 8.74. The topological polar surface area (TPSA) is 35.5 Å². The van der Waals surface area contributed by atoms with Crippen molar-refractivity contribution in [1.29, 1.82) is 0 Å². The summed E-state index contributed by atoms with van der Waals surface area (Å²) in [4.78, 5) is 12.5. The molecule has 0 aliphatic carbocycles. The van der Waals surface area contributed by atoms with E-state index in [1.54, 1.807) is 18.2 Å². The van der Waals surface area contributed by atoms with E-state index in [1.807, 2.05) is 24.3 Å². The molecule has 0 spiro atoms. The Morgan fingerprint density at radius 3 is 2.48 bits per heavy atom. The normalized spacial score (nSPS) is 10.4. The average molecular weight is 345 g/mol. The molecular weight excluding hydrogens is 326 g/mol. The molecule has 0 radical (unpaired) electrons. The molecule has 1 atom stereocenters. The number of halogens is 1. The molecule has 0 N–H and O–H groups in total. The first-order chi connectivity index (χ1) is 10.7. The van der Waals surface area contributed by atoms with Gasteiger partial charge in [-0.1, -0.05) is 36.7 Å². The Hall–Kier alpha value is -0.973.